The molecule has 12 heteroatoms. The first-order chi connectivity index (χ1) is 39.1. The summed E-state index contributed by atoms with van der Waals surface area (Å²) in [6, 6.07) is 16.8. The molecule has 0 aliphatic carbocycles. The van der Waals surface area contributed by atoms with Crippen LogP contribution in [0.5, 0.6) is 0 Å². The Morgan fingerprint density at radius 1 is 0.415 bits per heavy atom. The van der Waals surface area contributed by atoms with Crippen molar-refractivity contribution in [3.63, 3.8) is 0 Å². The average molecular weight is 1110 g/mol. The summed E-state index contributed by atoms with van der Waals surface area (Å²) in [6.07, 6.45) is 19.5. The molecule has 4 heterocycles. The predicted octanol–water partition coefficient (Wildman–Crippen LogP) is 12.9. The van der Waals surface area contributed by atoms with Gasteiger partial charge in [0.1, 0.15) is 0 Å². The maximum Gasteiger partial charge on any atom is 0.258 e. The fourth-order valence-corrected chi connectivity index (χ4v) is 12.8. The molecule has 4 aromatic carbocycles. The van der Waals surface area contributed by atoms with Crippen molar-refractivity contribution in [3.8, 4) is 0 Å². The van der Waals surface area contributed by atoms with E-state index in [1.54, 1.807) is 0 Å². The monoisotopic (exact) mass is 1110 g/mol. The number of imide groups is 4. The third kappa shape index (κ3) is 13.2. The van der Waals surface area contributed by atoms with E-state index < -0.39 is 5.92 Å². The molecule has 0 aromatic heterocycles. The van der Waals surface area contributed by atoms with E-state index in [0.29, 0.717) is 99.0 Å². The second-order valence-corrected chi connectivity index (χ2v) is 23.0. The summed E-state index contributed by atoms with van der Waals surface area (Å²) in [5.74, 6) is -0.833. The van der Waals surface area contributed by atoms with Crippen molar-refractivity contribution in [1.82, 2.24) is 0 Å². The molecule has 0 bridgehead atoms. The lowest BCUT2D eigenvalue weighted by molar-refractivity contribution is -0.123. The highest BCUT2D eigenvalue weighted by molar-refractivity contribution is 6.30. The molecule has 4 aliphatic heterocycles. The molecule has 4 aromatic rings. The van der Waals surface area contributed by atoms with E-state index in [4.69, 9.17) is 0 Å². The second kappa shape index (κ2) is 27.0. The molecule has 4 aliphatic rings. The number of rotatable bonds is 22. The molecule has 0 N–H and O–H groups in total. The molecule has 8 amide bonds. The van der Waals surface area contributed by atoms with Gasteiger partial charge in [0, 0.05) is 42.9 Å². The number of hydrogen-bond acceptors (Lipinski definition) is 8. The van der Waals surface area contributed by atoms with E-state index in [-0.39, 0.29) is 53.7 Å². The number of carbonyl (C=O) groups is 8. The number of hydrogen-bond donors (Lipinski definition) is 0. The van der Waals surface area contributed by atoms with Gasteiger partial charge in [0.2, 0.25) is 11.8 Å². The number of carbonyl (C=O) groups excluding carboxylic acids is 8. The maximum absolute atomic E-state index is 14.0. The summed E-state index contributed by atoms with van der Waals surface area (Å²) in [5, 5.41) is 0. The van der Waals surface area contributed by atoms with E-state index in [0.717, 1.165) is 84.4 Å². The van der Waals surface area contributed by atoms with Gasteiger partial charge < -0.3 is 0 Å². The van der Waals surface area contributed by atoms with Gasteiger partial charge in [-0.1, -0.05) is 143 Å². The minimum atomic E-state index is -0.414. The van der Waals surface area contributed by atoms with Crippen molar-refractivity contribution < 1.29 is 38.4 Å². The highest BCUT2D eigenvalue weighted by Crippen LogP contribution is 2.40. The van der Waals surface area contributed by atoms with E-state index >= 15 is 0 Å². The van der Waals surface area contributed by atoms with Crippen LogP contribution in [-0.2, 0) is 103 Å². The Hall–Kier alpha value is -7.60. The van der Waals surface area contributed by atoms with Gasteiger partial charge in [0.05, 0.1) is 28.7 Å². The lowest BCUT2D eigenvalue weighted by Gasteiger charge is -2.24. The lowest BCUT2D eigenvalue weighted by atomic mass is 9.87. The first kappa shape index (κ1) is 62.0. The number of allylic oxidation sites excluding steroid dienone is 1. The van der Waals surface area contributed by atoms with Gasteiger partial charge in [-0.2, -0.15) is 0 Å². The van der Waals surface area contributed by atoms with Crippen LogP contribution in [0.25, 0.3) is 0 Å². The first-order valence-corrected chi connectivity index (χ1v) is 30.0. The number of aryl methyl sites for hydroxylation is 8. The molecule has 432 valence electrons. The number of nitrogens with zero attached hydrogens (tertiary/aromatic N) is 4. The smallest absolute Gasteiger partial charge is 0.258 e. The Balaban J connectivity index is 0.000000246. The molecule has 3 atom stereocenters. The quantitative estimate of drug-likeness (QED) is 0.0558. The Bertz CT molecular complexity index is 3080. The summed E-state index contributed by atoms with van der Waals surface area (Å²) in [7, 11) is 0. The highest BCUT2D eigenvalue weighted by atomic mass is 16.2. The minimum absolute atomic E-state index is 0.111. The van der Waals surface area contributed by atoms with E-state index in [1.165, 1.54) is 62.5 Å². The van der Waals surface area contributed by atoms with Crippen LogP contribution in [0.1, 0.15) is 176 Å². The van der Waals surface area contributed by atoms with Gasteiger partial charge in [-0.15, -0.1) is 0 Å². The molecule has 12 nitrogen and oxygen atoms in total. The molecule has 1 saturated heterocycles. The molecular formula is C70H84N4O8. The van der Waals surface area contributed by atoms with Crippen molar-refractivity contribution >= 4 is 70.0 Å². The Morgan fingerprint density at radius 3 is 0.915 bits per heavy atom. The second-order valence-electron chi connectivity index (χ2n) is 23.0. The van der Waals surface area contributed by atoms with Gasteiger partial charge in [-0.25, -0.2) is 19.6 Å². The van der Waals surface area contributed by atoms with Crippen LogP contribution in [0.15, 0.2) is 96.6 Å². The summed E-state index contributed by atoms with van der Waals surface area (Å²) >= 11 is 0. The van der Waals surface area contributed by atoms with Crippen LogP contribution < -0.4 is 19.6 Å². The van der Waals surface area contributed by atoms with Crippen molar-refractivity contribution in [2.24, 2.45) is 23.7 Å². The standard InChI is InChI=1S/C41H54N2O4.C29H30N2O4/c1-10-31-20-29(21-32(11-2)39(31)42-36(44)14-15-37(42)45)19-30-22-33(12-3)40(34(13-4)23-30)43-38(46)24-35(41(43)47)28(9)18-27(8)17-26(7)16-25(5)6;1-5-20-14-18(15-21(6-2)28(20)30-24(32)9-10-25(30)33)13-19-16-22(7-3)29(23(8-4)17-19)31-26(34)11-12-27(31)35/h14-15,18,20-23,25-27,35H,10-13,16-17,19,24H2,1-9H3;9-12,14-17H,5-8,13H2,1-4H3/b28-18+;. The van der Waals surface area contributed by atoms with Crippen LogP contribution in [-0.4, -0.2) is 47.3 Å². The molecule has 82 heavy (non-hydrogen) atoms. The molecule has 0 spiro atoms. The SMILES string of the molecule is CCc1cc(Cc2cc(CC)c(N3C(=O)C=CC3=O)c(CC)c2)cc(CC)c1N1C(=O)C=CC1=O.CCc1cc(Cc2cc(CC)c(N3C(=O)CC(/C(C)=C/C(C)CC(C)CC(C)C)C3=O)c(CC)c2)cc(CC)c1N1C(=O)C=CC1=O. The van der Waals surface area contributed by atoms with Crippen molar-refractivity contribution in [3.05, 3.63) is 163 Å². The van der Waals surface area contributed by atoms with Crippen LogP contribution >= 0.6 is 0 Å². The Labute approximate surface area is 486 Å². The van der Waals surface area contributed by atoms with Crippen molar-refractivity contribution in [1.29, 1.82) is 0 Å². The van der Waals surface area contributed by atoms with Crippen LogP contribution in [0, 0.1) is 23.7 Å². The minimum Gasteiger partial charge on any atom is -0.274 e. The zero-order valence-electron chi connectivity index (χ0n) is 50.7. The van der Waals surface area contributed by atoms with Gasteiger partial charge in [-0.05, 0) is 168 Å². The Morgan fingerprint density at radius 2 is 0.671 bits per heavy atom. The van der Waals surface area contributed by atoms with Gasteiger partial charge in [-0.3, -0.25) is 38.4 Å². The molecule has 1 fully saturated rings. The molecule has 3 unspecified atom stereocenters. The number of anilines is 4. The lowest BCUT2D eigenvalue weighted by Crippen LogP contribution is -2.32. The van der Waals surface area contributed by atoms with Crippen molar-refractivity contribution in [2.75, 3.05) is 19.6 Å². The molecule has 8 rings (SSSR count). The fraction of sp³-hybridized carbons (Fsp3) is 0.429. The van der Waals surface area contributed by atoms with E-state index in [1.807, 2.05) is 48.5 Å². The van der Waals surface area contributed by atoms with Gasteiger partial charge >= 0.3 is 0 Å². The largest absolute Gasteiger partial charge is 0.274 e. The fourth-order valence-electron chi connectivity index (χ4n) is 12.8. The number of amides is 8. The topological polar surface area (TPSA) is 150 Å². The van der Waals surface area contributed by atoms with Crippen molar-refractivity contribution in [2.45, 2.75) is 173 Å². The summed E-state index contributed by atoms with van der Waals surface area (Å²) in [5.41, 5.74) is 16.1. The van der Waals surface area contributed by atoms with E-state index in [2.05, 4.69) is 96.1 Å². The zero-order chi connectivity index (χ0) is 59.9. The van der Waals surface area contributed by atoms with Gasteiger partial charge in [0.25, 0.3) is 35.4 Å². The molecule has 0 radical (unpaired) electrons. The maximum atomic E-state index is 14.0. The van der Waals surface area contributed by atoms with E-state index in [9.17, 15) is 38.4 Å². The number of benzene rings is 4. The van der Waals surface area contributed by atoms with Gasteiger partial charge in [0.15, 0.2) is 0 Å². The summed E-state index contributed by atoms with van der Waals surface area (Å²) < 4.78 is 0. The summed E-state index contributed by atoms with van der Waals surface area (Å²) in [4.78, 5) is 108. The third-order valence-electron chi connectivity index (χ3n) is 16.4. The van der Waals surface area contributed by atoms with Crippen LogP contribution in [0.3, 0.4) is 0 Å². The van der Waals surface area contributed by atoms with Crippen LogP contribution in [0.2, 0.25) is 0 Å². The predicted molar refractivity (Wildman–Crippen MR) is 328 cm³/mol. The average Bonchev–Trinajstić information content (AvgIpc) is 4.35. The highest BCUT2D eigenvalue weighted by Gasteiger charge is 2.42. The third-order valence-corrected chi connectivity index (χ3v) is 16.4. The molecule has 0 saturated carbocycles. The zero-order valence-corrected chi connectivity index (χ0v) is 50.7. The molecular weight excluding hydrogens is 1020 g/mol. The first-order valence-electron chi connectivity index (χ1n) is 30.0. The summed E-state index contributed by atoms with van der Waals surface area (Å²) in [6.45, 7) is 27.4. The normalized spacial score (nSPS) is 17.0. The van der Waals surface area contributed by atoms with Crippen LogP contribution in [0.4, 0.5) is 22.7 Å². The Kier molecular flexibility index (Phi) is 20.4.